The number of hydrogen-bond donors (Lipinski definition) is 2. The van der Waals surface area contributed by atoms with E-state index in [9.17, 15) is 0 Å². The van der Waals surface area contributed by atoms with Crippen LogP contribution in [-0.4, -0.2) is 11.6 Å². The van der Waals surface area contributed by atoms with Crippen molar-refractivity contribution in [1.82, 2.24) is 4.98 Å². The van der Waals surface area contributed by atoms with Crippen molar-refractivity contribution in [1.29, 1.82) is 0 Å². The van der Waals surface area contributed by atoms with E-state index < -0.39 is 0 Å². The van der Waals surface area contributed by atoms with Crippen LogP contribution in [0.4, 0.5) is 11.4 Å². The maximum atomic E-state index is 5.82. The second-order valence-electron chi connectivity index (χ2n) is 3.90. The third-order valence-electron chi connectivity index (χ3n) is 2.45. The van der Waals surface area contributed by atoms with Crippen molar-refractivity contribution >= 4 is 22.7 Å². The Morgan fingerprint density at radius 3 is 2.94 bits per heavy atom. The van der Waals surface area contributed by atoms with Gasteiger partial charge in [0.05, 0.1) is 29.5 Å². The number of benzene rings is 1. The van der Waals surface area contributed by atoms with Gasteiger partial charge in [0.25, 0.3) is 0 Å². The number of nitrogens with two attached hydrogens (primary N) is 1. The monoisotopic (exact) mass is 263 g/mol. The number of hydrogen-bond acceptors (Lipinski definition) is 5. The van der Waals surface area contributed by atoms with Crippen LogP contribution in [0.2, 0.25) is 0 Å². The molecule has 1 aromatic heterocycles. The lowest BCUT2D eigenvalue weighted by molar-refractivity contribution is 0.342. The van der Waals surface area contributed by atoms with Gasteiger partial charge < -0.3 is 15.8 Å². The number of nitrogens with one attached hydrogen (secondary N) is 1. The van der Waals surface area contributed by atoms with Crippen molar-refractivity contribution in [2.24, 2.45) is 0 Å². The molecule has 0 aliphatic heterocycles. The van der Waals surface area contributed by atoms with Crippen LogP contribution in [0.15, 0.2) is 23.6 Å². The smallest absolute Gasteiger partial charge is 0.144 e. The Morgan fingerprint density at radius 1 is 1.44 bits per heavy atom. The SMILES string of the molecule is CCOc1cc(NCc2csc(C)n2)ccc1N. The molecule has 2 rings (SSSR count). The highest BCUT2D eigenvalue weighted by Gasteiger charge is 2.03. The van der Waals surface area contributed by atoms with Gasteiger partial charge in [0.15, 0.2) is 0 Å². The second kappa shape index (κ2) is 5.73. The molecule has 0 radical (unpaired) electrons. The van der Waals surface area contributed by atoms with Gasteiger partial charge in [0.1, 0.15) is 5.75 Å². The third kappa shape index (κ3) is 3.13. The predicted octanol–water partition coefficient (Wildman–Crippen LogP) is 3.04. The van der Waals surface area contributed by atoms with Gasteiger partial charge in [0, 0.05) is 17.1 Å². The summed E-state index contributed by atoms with van der Waals surface area (Å²) in [6, 6.07) is 5.70. The molecule has 0 unspecified atom stereocenters. The van der Waals surface area contributed by atoms with E-state index in [-0.39, 0.29) is 0 Å². The average Bonchev–Trinajstić information content (AvgIpc) is 2.76. The Labute approximate surface area is 111 Å². The summed E-state index contributed by atoms with van der Waals surface area (Å²) in [6.45, 7) is 5.26. The largest absolute Gasteiger partial charge is 0.492 e. The van der Waals surface area contributed by atoms with Crippen molar-refractivity contribution in [2.45, 2.75) is 20.4 Å². The van der Waals surface area contributed by atoms with E-state index in [1.54, 1.807) is 11.3 Å². The Balaban J connectivity index is 2.03. The zero-order valence-electron chi connectivity index (χ0n) is 10.6. The molecule has 0 fully saturated rings. The normalized spacial score (nSPS) is 10.3. The predicted molar refractivity (Wildman–Crippen MR) is 76.2 cm³/mol. The molecule has 0 saturated heterocycles. The minimum absolute atomic E-state index is 0.610. The molecule has 0 atom stereocenters. The van der Waals surface area contributed by atoms with Crippen LogP contribution >= 0.6 is 11.3 Å². The number of rotatable bonds is 5. The highest BCUT2D eigenvalue weighted by molar-refractivity contribution is 7.09. The number of aromatic nitrogens is 1. The Kier molecular flexibility index (Phi) is 4.04. The summed E-state index contributed by atoms with van der Waals surface area (Å²) in [5, 5.41) is 6.45. The van der Waals surface area contributed by atoms with E-state index in [0.717, 1.165) is 22.1 Å². The lowest BCUT2D eigenvalue weighted by atomic mass is 10.2. The molecule has 1 heterocycles. The highest BCUT2D eigenvalue weighted by Crippen LogP contribution is 2.25. The molecular formula is C13H17N3OS. The van der Waals surface area contributed by atoms with E-state index in [2.05, 4.69) is 15.7 Å². The summed E-state index contributed by atoms with van der Waals surface area (Å²) in [5.74, 6) is 0.719. The minimum Gasteiger partial charge on any atom is -0.492 e. The van der Waals surface area contributed by atoms with Crippen LogP contribution < -0.4 is 15.8 Å². The summed E-state index contributed by atoms with van der Waals surface area (Å²) in [4.78, 5) is 4.40. The van der Waals surface area contributed by atoms with E-state index >= 15 is 0 Å². The quantitative estimate of drug-likeness (QED) is 0.814. The molecule has 0 amide bonds. The minimum atomic E-state index is 0.610. The van der Waals surface area contributed by atoms with Gasteiger partial charge in [0.2, 0.25) is 0 Å². The maximum absolute atomic E-state index is 5.82. The molecule has 0 bridgehead atoms. The molecule has 0 spiro atoms. The van der Waals surface area contributed by atoms with Crippen LogP contribution in [-0.2, 0) is 6.54 Å². The first-order chi connectivity index (χ1) is 8.69. The molecular weight excluding hydrogens is 246 g/mol. The number of ether oxygens (including phenoxy) is 1. The van der Waals surface area contributed by atoms with E-state index in [4.69, 9.17) is 10.5 Å². The van der Waals surface area contributed by atoms with Crippen LogP contribution in [0.1, 0.15) is 17.6 Å². The molecule has 5 heteroatoms. The summed E-state index contributed by atoms with van der Waals surface area (Å²) >= 11 is 1.66. The van der Waals surface area contributed by atoms with Crippen LogP contribution in [0.5, 0.6) is 5.75 Å². The van der Waals surface area contributed by atoms with E-state index in [0.29, 0.717) is 18.8 Å². The van der Waals surface area contributed by atoms with Crippen molar-refractivity contribution in [3.05, 3.63) is 34.3 Å². The first-order valence-electron chi connectivity index (χ1n) is 5.86. The summed E-state index contributed by atoms with van der Waals surface area (Å²) in [5.41, 5.74) is 8.51. The van der Waals surface area contributed by atoms with Crippen molar-refractivity contribution in [2.75, 3.05) is 17.7 Å². The summed E-state index contributed by atoms with van der Waals surface area (Å²) in [7, 11) is 0. The zero-order chi connectivity index (χ0) is 13.0. The standard InChI is InChI=1S/C13H17N3OS/c1-3-17-13-6-10(4-5-12(13)14)15-7-11-8-18-9(2)16-11/h4-6,8,15H,3,7,14H2,1-2H3. The number of nitrogens with zero attached hydrogens (tertiary/aromatic N) is 1. The molecule has 4 nitrogen and oxygen atoms in total. The molecule has 96 valence electrons. The van der Waals surface area contributed by atoms with Gasteiger partial charge in [-0.05, 0) is 26.0 Å². The average molecular weight is 263 g/mol. The van der Waals surface area contributed by atoms with E-state index in [1.807, 2.05) is 32.0 Å². The number of anilines is 2. The van der Waals surface area contributed by atoms with Gasteiger partial charge in [-0.3, -0.25) is 0 Å². The Bertz CT molecular complexity index is 525. The molecule has 0 aliphatic rings. The molecule has 18 heavy (non-hydrogen) atoms. The number of aryl methyl sites for hydroxylation is 1. The zero-order valence-corrected chi connectivity index (χ0v) is 11.4. The van der Waals surface area contributed by atoms with Gasteiger partial charge in [-0.15, -0.1) is 11.3 Å². The van der Waals surface area contributed by atoms with Crippen molar-refractivity contribution < 1.29 is 4.74 Å². The number of nitrogen functional groups attached to an aromatic ring is 1. The molecule has 2 aromatic rings. The van der Waals surface area contributed by atoms with E-state index in [1.165, 1.54) is 0 Å². The molecule has 3 N–H and O–H groups in total. The fourth-order valence-electron chi connectivity index (χ4n) is 1.61. The number of thiazole rings is 1. The van der Waals surface area contributed by atoms with Crippen molar-refractivity contribution in [3.63, 3.8) is 0 Å². The first-order valence-corrected chi connectivity index (χ1v) is 6.74. The fourth-order valence-corrected chi connectivity index (χ4v) is 2.22. The van der Waals surface area contributed by atoms with Gasteiger partial charge in [-0.2, -0.15) is 0 Å². The van der Waals surface area contributed by atoms with Gasteiger partial charge in [-0.25, -0.2) is 4.98 Å². The van der Waals surface area contributed by atoms with Crippen LogP contribution in [0.3, 0.4) is 0 Å². The highest BCUT2D eigenvalue weighted by atomic mass is 32.1. The topological polar surface area (TPSA) is 60.2 Å². The van der Waals surface area contributed by atoms with Crippen LogP contribution in [0, 0.1) is 6.92 Å². The lowest BCUT2D eigenvalue weighted by Gasteiger charge is -2.10. The molecule has 0 aliphatic carbocycles. The lowest BCUT2D eigenvalue weighted by Crippen LogP contribution is -2.02. The molecule has 0 saturated carbocycles. The van der Waals surface area contributed by atoms with Gasteiger partial charge in [-0.1, -0.05) is 0 Å². The Hall–Kier alpha value is -1.75. The second-order valence-corrected chi connectivity index (χ2v) is 4.96. The van der Waals surface area contributed by atoms with Crippen molar-refractivity contribution in [3.8, 4) is 5.75 Å². The summed E-state index contributed by atoms with van der Waals surface area (Å²) < 4.78 is 5.45. The first kappa shape index (κ1) is 12.7. The maximum Gasteiger partial charge on any atom is 0.144 e. The summed E-state index contributed by atoms with van der Waals surface area (Å²) in [6.07, 6.45) is 0. The molecule has 1 aromatic carbocycles. The fraction of sp³-hybridized carbons (Fsp3) is 0.308. The van der Waals surface area contributed by atoms with Crippen LogP contribution in [0.25, 0.3) is 0 Å². The van der Waals surface area contributed by atoms with Gasteiger partial charge >= 0.3 is 0 Å². The third-order valence-corrected chi connectivity index (χ3v) is 3.28. The Morgan fingerprint density at radius 2 is 2.28 bits per heavy atom.